The predicted molar refractivity (Wildman–Crippen MR) is 81.9 cm³/mol. The molecule has 1 aromatic rings. The van der Waals surface area contributed by atoms with Gasteiger partial charge in [-0.25, -0.2) is 0 Å². The summed E-state index contributed by atoms with van der Waals surface area (Å²) in [4.78, 5) is 24.7. The highest BCUT2D eigenvalue weighted by Gasteiger charge is 2.45. The van der Waals surface area contributed by atoms with Gasteiger partial charge < -0.3 is 4.74 Å². The van der Waals surface area contributed by atoms with Crippen LogP contribution in [0, 0.1) is 11.3 Å². The van der Waals surface area contributed by atoms with E-state index in [9.17, 15) is 9.59 Å². The molecule has 2 rings (SSSR count). The van der Waals surface area contributed by atoms with Crippen molar-refractivity contribution in [2.24, 2.45) is 11.3 Å². The molecule has 0 saturated heterocycles. The zero-order chi connectivity index (χ0) is 15.5. The molecule has 2 atom stereocenters. The van der Waals surface area contributed by atoms with Crippen molar-refractivity contribution in [2.75, 3.05) is 7.11 Å². The van der Waals surface area contributed by atoms with Crippen molar-refractivity contribution in [3.8, 4) is 0 Å². The maximum absolute atomic E-state index is 12.4. The van der Waals surface area contributed by atoms with Crippen LogP contribution in [0.3, 0.4) is 0 Å². The fraction of sp³-hybridized carbons (Fsp3) is 0.556. The van der Waals surface area contributed by atoms with Crippen molar-refractivity contribution in [3.05, 3.63) is 35.9 Å². The lowest BCUT2D eigenvalue weighted by Gasteiger charge is -2.38. The highest BCUT2D eigenvalue weighted by atomic mass is 16.5. The topological polar surface area (TPSA) is 43.4 Å². The number of carbonyl (C=O) groups excluding carboxylic acids is 2. The van der Waals surface area contributed by atoms with Crippen LogP contribution in [-0.4, -0.2) is 18.9 Å². The lowest BCUT2D eigenvalue weighted by Crippen LogP contribution is -2.40. The molecular weight excluding hydrogens is 264 g/mol. The number of esters is 1. The fourth-order valence-electron chi connectivity index (χ4n) is 3.56. The third-order valence-corrected chi connectivity index (χ3v) is 4.65. The van der Waals surface area contributed by atoms with Crippen molar-refractivity contribution < 1.29 is 14.3 Å². The minimum atomic E-state index is -0.715. The zero-order valence-electron chi connectivity index (χ0n) is 13.1. The molecule has 0 bridgehead atoms. The Bertz CT molecular complexity index is 504. The Balaban J connectivity index is 2.44. The average Bonchev–Trinajstić information content (AvgIpc) is 2.49. The Hall–Kier alpha value is -1.64. The van der Waals surface area contributed by atoms with Crippen LogP contribution in [0.15, 0.2) is 30.3 Å². The van der Waals surface area contributed by atoms with E-state index in [1.165, 1.54) is 7.11 Å². The molecule has 1 unspecified atom stereocenters. The summed E-state index contributed by atoms with van der Waals surface area (Å²) in [6.45, 7) is 3.77. The van der Waals surface area contributed by atoms with Crippen LogP contribution in [0.5, 0.6) is 0 Å². The first-order valence-electron chi connectivity index (χ1n) is 7.64. The van der Waals surface area contributed by atoms with Crippen molar-refractivity contribution in [1.29, 1.82) is 0 Å². The Labute approximate surface area is 126 Å². The van der Waals surface area contributed by atoms with Gasteiger partial charge in [0.1, 0.15) is 5.78 Å². The van der Waals surface area contributed by atoms with Gasteiger partial charge >= 0.3 is 5.97 Å². The minimum absolute atomic E-state index is 0.0877. The van der Waals surface area contributed by atoms with Crippen LogP contribution >= 0.6 is 0 Å². The van der Waals surface area contributed by atoms with Crippen LogP contribution in [0.2, 0.25) is 0 Å². The molecule has 0 amide bonds. The van der Waals surface area contributed by atoms with Crippen molar-refractivity contribution >= 4 is 11.8 Å². The molecule has 0 spiro atoms. The van der Waals surface area contributed by atoms with Gasteiger partial charge in [0.05, 0.1) is 12.5 Å². The highest BCUT2D eigenvalue weighted by molar-refractivity contribution is 5.85. The second-order valence-electron chi connectivity index (χ2n) is 6.42. The number of carbonyl (C=O) groups is 2. The molecule has 21 heavy (non-hydrogen) atoms. The van der Waals surface area contributed by atoms with E-state index in [2.05, 4.69) is 0 Å². The third-order valence-electron chi connectivity index (χ3n) is 4.65. The molecule has 1 fully saturated rings. The molecule has 0 heterocycles. The number of hydrogen-bond donors (Lipinski definition) is 0. The summed E-state index contributed by atoms with van der Waals surface area (Å²) in [6.07, 6.45) is 3.51. The number of ether oxygens (including phenoxy) is 1. The lowest BCUT2D eigenvalue weighted by atomic mass is 9.64. The first-order valence-corrected chi connectivity index (χ1v) is 7.64. The second kappa shape index (κ2) is 6.42. The molecule has 1 saturated carbocycles. The Morgan fingerprint density at radius 3 is 2.48 bits per heavy atom. The van der Waals surface area contributed by atoms with E-state index < -0.39 is 5.41 Å². The molecule has 0 aromatic heterocycles. The van der Waals surface area contributed by atoms with Gasteiger partial charge in [0, 0.05) is 18.3 Å². The number of benzene rings is 1. The zero-order valence-corrected chi connectivity index (χ0v) is 13.1. The van der Waals surface area contributed by atoms with Crippen LogP contribution in [0.4, 0.5) is 0 Å². The molecule has 0 N–H and O–H groups in total. The molecule has 114 valence electrons. The van der Waals surface area contributed by atoms with Crippen molar-refractivity contribution in [2.45, 2.75) is 45.4 Å². The third kappa shape index (κ3) is 3.17. The maximum Gasteiger partial charge on any atom is 0.311 e. The molecule has 0 aliphatic heterocycles. The average molecular weight is 288 g/mol. The van der Waals surface area contributed by atoms with Crippen LogP contribution in [0.1, 0.15) is 51.0 Å². The van der Waals surface area contributed by atoms with Gasteiger partial charge in [0.25, 0.3) is 0 Å². The van der Waals surface area contributed by atoms with Crippen LogP contribution in [0.25, 0.3) is 0 Å². The van der Waals surface area contributed by atoms with E-state index in [1.807, 2.05) is 44.2 Å². The van der Waals surface area contributed by atoms with E-state index >= 15 is 0 Å². The van der Waals surface area contributed by atoms with E-state index in [-0.39, 0.29) is 23.6 Å². The predicted octanol–water partition coefficient (Wildman–Crippen LogP) is 3.73. The Morgan fingerprint density at radius 2 is 1.90 bits per heavy atom. The van der Waals surface area contributed by atoms with Crippen LogP contribution < -0.4 is 0 Å². The number of methoxy groups -OCH3 is 1. The smallest absolute Gasteiger partial charge is 0.311 e. The van der Waals surface area contributed by atoms with E-state index in [0.29, 0.717) is 6.42 Å². The summed E-state index contributed by atoms with van der Waals surface area (Å²) in [5.41, 5.74) is 0.335. The SMILES string of the molecule is COC(=O)C(C)(C)C(c1ccccc1)[C@@H]1CCCCC1=O. The summed E-state index contributed by atoms with van der Waals surface area (Å²) in [6, 6.07) is 9.90. The van der Waals surface area contributed by atoms with Gasteiger partial charge in [-0.2, -0.15) is 0 Å². The van der Waals surface area contributed by atoms with E-state index in [1.54, 1.807) is 0 Å². The van der Waals surface area contributed by atoms with E-state index in [4.69, 9.17) is 4.74 Å². The van der Waals surface area contributed by atoms with Crippen molar-refractivity contribution in [1.82, 2.24) is 0 Å². The monoisotopic (exact) mass is 288 g/mol. The van der Waals surface area contributed by atoms with Gasteiger partial charge in [-0.05, 0) is 32.3 Å². The fourth-order valence-corrected chi connectivity index (χ4v) is 3.56. The number of ketones is 1. The maximum atomic E-state index is 12.4. The van der Waals surface area contributed by atoms with Crippen molar-refractivity contribution in [3.63, 3.8) is 0 Å². The number of Topliss-reactive ketones (excluding diaryl/α,β-unsaturated/α-hetero) is 1. The quantitative estimate of drug-likeness (QED) is 0.793. The Kier molecular flexibility index (Phi) is 4.81. The van der Waals surface area contributed by atoms with E-state index in [0.717, 1.165) is 24.8 Å². The molecule has 3 heteroatoms. The van der Waals surface area contributed by atoms with Gasteiger partial charge in [-0.1, -0.05) is 36.8 Å². The summed E-state index contributed by atoms with van der Waals surface area (Å²) in [7, 11) is 1.41. The minimum Gasteiger partial charge on any atom is -0.469 e. The second-order valence-corrected chi connectivity index (χ2v) is 6.42. The lowest BCUT2D eigenvalue weighted by molar-refractivity contribution is -0.153. The molecular formula is C18H24O3. The molecule has 1 aromatic carbocycles. The first-order chi connectivity index (χ1) is 9.98. The molecule has 1 aliphatic rings. The summed E-state index contributed by atoms with van der Waals surface area (Å²) in [5, 5.41) is 0. The summed E-state index contributed by atoms with van der Waals surface area (Å²) < 4.78 is 4.99. The number of rotatable bonds is 4. The first kappa shape index (κ1) is 15.7. The normalized spacial score (nSPS) is 20.9. The summed E-state index contributed by atoms with van der Waals surface area (Å²) in [5.74, 6) is -0.184. The standard InChI is InChI=1S/C18H24O3/c1-18(2,17(20)21-3)16(13-9-5-4-6-10-13)14-11-7-8-12-15(14)19/h4-6,9-10,14,16H,7-8,11-12H2,1-3H3/t14-,16?/m1/s1. The highest BCUT2D eigenvalue weighted by Crippen LogP contribution is 2.46. The van der Waals surface area contributed by atoms with Gasteiger partial charge in [0.15, 0.2) is 0 Å². The van der Waals surface area contributed by atoms with Gasteiger partial charge in [-0.3, -0.25) is 9.59 Å². The number of hydrogen-bond acceptors (Lipinski definition) is 3. The largest absolute Gasteiger partial charge is 0.469 e. The van der Waals surface area contributed by atoms with Crippen LogP contribution in [-0.2, 0) is 14.3 Å². The molecule has 3 nitrogen and oxygen atoms in total. The van der Waals surface area contributed by atoms with Gasteiger partial charge in [0.2, 0.25) is 0 Å². The molecule has 1 aliphatic carbocycles. The van der Waals surface area contributed by atoms with Gasteiger partial charge in [-0.15, -0.1) is 0 Å². The summed E-state index contributed by atoms with van der Waals surface area (Å²) >= 11 is 0. The Morgan fingerprint density at radius 1 is 1.24 bits per heavy atom. The molecule has 0 radical (unpaired) electrons.